The molecule has 0 bridgehead atoms. The van der Waals surface area contributed by atoms with Gasteiger partial charge >= 0.3 is 0 Å². The zero-order chi connectivity index (χ0) is 15.5. The van der Waals surface area contributed by atoms with Gasteiger partial charge in [0.25, 0.3) is 10.0 Å². The minimum atomic E-state index is -3.68. The molecule has 0 spiro atoms. The highest BCUT2D eigenvalue weighted by molar-refractivity contribution is 9.10. The third kappa shape index (κ3) is 4.30. The minimum Gasteiger partial charge on any atom is -0.200 e. The van der Waals surface area contributed by atoms with E-state index in [0.29, 0.717) is 10.7 Å². The van der Waals surface area contributed by atoms with Crippen LogP contribution in [0.4, 0.5) is 0 Å². The SMILES string of the molecule is C/C(=N/NS(=O)(=O)c1ccc(Br)cc1)c1cccc(Cl)c1. The summed E-state index contributed by atoms with van der Waals surface area (Å²) in [5.74, 6) is 0. The van der Waals surface area contributed by atoms with Gasteiger partial charge < -0.3 is 0 Å². The number of sulfonamides is 1. The fourth-order valence-electron chi connectivity index (χ4n) is 1.57. The van der Waals surface area contributed by atoms with E-state index < -0.39 is 10.0 Å². The van der Waals surface area contributed by atoms with Crippen molar-refractivity contribution in [3.63, 3.8) is 0 Å². The Balaban J connectivity index is 2.21. The van der Waals surface area contributed by atoms with Gasteiger partial charge in [0.2, 0.25) is 0 Å². The van der Waals surface area contributed by atoms with Crippen LogP contribution in [0.5, 0.6) is 0 Å². The van der Waals surface area contributed by atoms with Gasteiger partial charge in [0.1, 0.15) is 0 Å². The summed E-state index contributed by atoms with van der Waals surface area (Å²) < 4.78 is 25.0. The molecule has 0 aliphatic carbocycles. The van der Waals surface area contributed by atoms with Gasteiger partial charge in [0.15, 0.2) is 0 Å². The molecule has 0 aromatic heterocycles. The molecule has 0 saturated heterocycles. The second-order valence-electron chi connectivity index (χ2n) is 4.26. The van der Waals surface area contributed by atoms with Gasteiger partial charge in [-0.3, -0.25) is 0 Å². The smallest absolute Gasteiger partial charge is 0.200 e. The molecule has 2 rings (SSSR count). The summed E-state index contributed by atoms with van der Waals surface area (Å²) in [7, 11) is -3.68. The first-order valence-electron chi connectivity index (χ1n) is 5.96. The Morgan fingerprint density at radius 2 is 1.86 bits per heavy atom. The van der Waals surface area contributed by atoms with Crippen molar-refractivity contribution in [3.05, 3.63) is 63.6 Å². The first-order chi connectivity index (χ1) is 9.88. The molecule has 0 aliphatic heterocycles. The van der Waals surface area contributed by atoms with E-state index in [4.69, 9.17) is 11.6 Å². The number of hydrogen-bond donors (Lipinski definition) is 1. The predicted octanol–water partition coefficient (Wildman–Crippen LogP) is 3.81. The van der Waals surface area contributed by atoms with Crippen molar-refractivity contribution in [2.75, 3.05) is 0 Å². The summed E-state index contributed by atoms with van der Waals surface area (Å²) in [5, 5.41) is 4.48. The molecule has 0 fully saturated rings. The summed E-state index contributed by atoms with van der Waals surface area (Å²) in [6, 6.07) is 13.3. The number of nitrogens with zero attached hydrogens (tertiary/aromatic N) is 1. The van der Waals surface area contributed by atoms with Crippen LogP contribution < -0.4 is 4.83 Å². The molecule has 0 amide bonds. The molecule has 0 radical (unpaired) electrons. The van der Waals surface area contributed by atoms with Crippen LogP contribution in [-0.4, -0.2) is 14.1 Å². The largest absolute Gasteiger partial charge is 0.276 e. The van der Waals surface area contributed by atoms with Gasteiger partial charge in [0.05, 0.1) is 10.6 Å². The molecule has 2 aromatic carbocycles. The van der Waals surface area contributed by atoms with Crippen LogP contribution in [0.3, 0.4) is 0 Å². The standard InChI is InChI=1S/C14H12BrClN2O2S/c1-10(11-3-2-4-13(16)9-11)17-18-21(19,20)14-7-5-12(15)6-8-14/h2-9,18H,1H3/b17-10-. The molecule has 7 heteroatoms. The lowest BCUT2D eigenvalue weighted by Crippen LogP contribution is -2.19. The highest BCUT2D eigenvalue weighted by atomic mass is 79.9. The third-order valence-corrected chi connectivity index (χ3v) is 4.69. The Labute approximate surface area is 137 Å². The van der Waals surface area contributed by atoms with Crippen LogP contribution in [-0.2, 0) is 10.0 Å². The van der Waals surface area contributed by atoms with Gasteiger partial charge in [0, 0.05) is 9.50 Å². The number of rotatable bonds is 4. The Kier molecular flexibility index (Phi) is 5.03. The van der Waals surface area contributed by atoms with Crippen molar-refractivity contribution < 1.29 is 8.42 Å². The third-order valence-electron chi connectivity index (χ3n) is 2.70. The molecule has 110 valence electrons. The van der Waals surface area contributed by atoms with E-state index in [1.54, 1.807) is 43.3 Å². The van der Waals surface area contributed by atoms with Gasteiger partial charge in [-0.05, 0) is 48.9 Å². The van der Waals surface area contributed by atoms with Crippen molar-refractivity contribution in [1.29, 1.82) is 0 Å². The molecule has 0 atom stereocenters. The van der Waals surface area contributed by atoms with Crippen molar-refractivity contribution in [3.8, 4) is 0 Å². The molecule has 4 nitrogen and oxygen atoms in total. The van der Waals surface area contributed by atoms with E-state index in [-0.39, 0.29) is 4.90 Å². The number of halogens is 2. The Bertz CT molecular complexity index is 774. The summed E-state index contributed by atoms with van der Waals surface area (Å²) in [6.07, 6.45) is 0. The van der Waals surface area contributed by atoms with Crippen molar-refractivity contribution in [1.82, 2.24) is 4.83 Å². The number of hydrazone groups is 1. The van der Waals surface area contributed by atoms with E-state index in [1.807, 2.05) is 0 Å². The average Bonchev–Trinajstić information content (AvgIpc) is 2.45. The fourth-order valence-corrected chi connectivity index (χ4v) is 2.88. The molecule has 1 N–H and O–H groups in total. The monoisotopic (exact) mass is 386 g/mol. The highest BCUT2D eigenvalue weighted by Crippen LogP contribution is 2.15. The Morgan fingerprint density at radius 1 is 1.19 bits per heavy atom. The topological polar surface area (TPSA) is 58.5 Å². The van der Waals surface area contributed by atoms with E-state index in [9.17, 15) is 8.42 Å². The Morgan fingerprint density at radius 3 is 2.48 bits per heavy atom. The summed E-state index contributed by atoms with van der Waals surface area (Å²) in [4.78, 5) is 2.36. The molecule has 0 aliphatic rings. The second-order valence-corrected chi connectivity index (χ2v) is 7.27. The average molecular weight is 388 g/mol. The van der Waals surface area contributed by atoms with Crippen molar-refractivity contribution in [2.45, 2.75) is 11.8 Å². The first-order valence-corrected chi connectivity index (χ1v) is 8.61. The van der Waals surface area contributed by atoms with Gasteiger partial charge in [-0.15, -0.1) is 0 Å². The molecule has 0 heterocycles. The zero-order valence-corrected chi connectivity index (χ0v) is 14.2. The molecule has 0 unspecified atom stereocenters. The van der Waals surface area contributed by atoms with E-state index in [1.165, 1.54) is 12.1 Å². The lowest BCUT2D eigenvalue weighted by molar-refractivity contribution is 0.584. The lowest BCUT2D eigenvalue weighted by Gasteiger charge is -2.06. The van der Waals surface area contributed by atoms with Crippen LogP contribution in [0.25, 0.3) is 0 Å². The maximum Gasteiger partial charge on any atom is 0.276 e. The normalized spacial score (nSPS) is 12.2. The molecule has 2 aromatic rings. The first kappa shape index (κ1) is 16.0. The van der Waals surface area contributed by atoms with E-state index >= 15 is 0 Å². The van der Waals surface area contributed by atoms with Crippen molar-refractivity contribution in [2.24, 2.45) is 5.10 Å². The molecular formula is C14H12BrClN2O2S. The molecule has 0 saturated carbocycles. The predicted molar refractivity (Wildman–Crippen MR) is 88.1 cm³/mol. The van der Waals surface area contributed by atoms with Crippen LogP contribution in [0, 0.1) is 0 Å². The number of hydrogen-bond acceptors (Lipinski definition) is 3. The Hall–Kier alpha value is -1.37. The minimum absolute atomic E-state index is 0.147. The maximum atomic E-state index is 12.1. The maximum absolute atomic E-state index is 12.1. The highest BCUT2D eigenvalue weighted by Gasteiger charge is 2.12. The molecule has 21 heavy (non-hydrogen) atoms. The quantitative estimate of drug-likeness (QED) is 0.640. The van der Waals surface area contributed by atoms with Gasteiger partial charge in [-0.1, -0.05) is 39.7 Å². The number of nitrogens with one attached hydrogen (secondary N) is 1. The number of benzene rings is 2. The van der Waals surface area contributed by atoms with Gasteiger partial charge in [-0.25, -0.2) is 0 Å². The van der Waals surface area contributed by atoms with Crippen LogP contribution in [0.1, 0.15) is 12.5 Å². The fraction of sp³-hybridized carbons (Fsp3) is 0.0714. The van der Waals surface area contributed by atoms with E-state index in [2.05, 4.69) is 25.9 Å². The molecular weight excluding hydrogens is 376 g/mol. The lowest BCUT2D eigenvalue weighted by atomic mass is 10.1. The van der Waals surface area contributed by atoms with Crippen LogP contribution in [0.2, 0.25) is 5.02 Å². The summed E-state index contributed by atoms with van der Waals surface area (Å²) >= 11 is 9.15. The summed E-state index contributed by atoms with van der Waals surface area (Å²) in [5.41, 5.74) is 1.28. The van der Waals surface area contributed by atoms with Crippen LogP contribution in [0.15, 0.2) is 63.0 Å². The van der Waals surface area contributed by atoms with Gasteiger partial charge in [-0.2, -0.15) is 18.4 Å². The second kappa shape index (κ2) is 6.60. The van der Waals surface area contributed by atoms with E-state index in [0.717, 1.165) is 10.0 Å². The van der Waals surface area contributed by atoms with Crippen LogP contribution >= 0.6 is 27.5 Å². The summed E-state index contributed by atoms with van der Waals surface area (Å²) in [6.45, 7) is 1.70. The van der Waals surface area contributed by atoms with Crippen molar-refractivity contribution >= 4 is 43.3 Å². The zero-order valence-electron chi connectivity index (χ0n) is 11.0.